The van der Waals surface area contributed by atoms with Crippen molar-refractivity contribution in [3.63, 3.8) is 0 Å². The first kappa shape index (κ1) is 17.4. The molecule has 0 aliphatic heterocycles. The van der Waals surface area contributed by atoms with Crippen LogP contribution in [0.1, 0.15) is 53.4 Å². The van der Waals surface area contributed by atoms with E-state index in [1.54, 1.807) is 20.8 Å². The average Bonchev–Trinajstić information content (AvgIpc) is 2.25. The molecule has 5 nitrogen and oxygen atoms in total. The van der Waals surface area contributed by atoms with Gasteiger partial charge in [0, 0.05) is 6.04 Å². The zero-order valence-corrected chi connectivity index (χ0v) is 13.7. The number of hydrogen-bond acceptors (Lipinski definition) is 5. The van der Waals surface area contributed by atoms with Crippen LogP contribution in [0.2, 0.25) is 0 Å². The van der Waals surface area contributed by atoms with Crippen LogP contribution >= 0.6 is 0 Å². The van der Waals surface area contributed by atoms with Gasteiger partial charge in [0.2, 0.25) is 0 Å². The molecule has 1 rings (SSSR count). The van der Waals surface area contributed by atoms with Gasteiger partial charge in [0.05, 0.1) is 5.25 Å². The molecule has 0 heterocycles. The Morgan fingerprint density at radius 3 is 2.40 bits per heavy atom. The monoisotopic (exact) mass is 305 g/mol. The van der Waals surface area contributed by atoms with Crippen molar-refractivity contribution in [3.8, 4) is 0 Å². The molecule has 0 aromatic heterocycles. The van der Waals surface area contributed by atoms with Crippen molar-refractivity contribution >= 4 is 15.8 Å². The second-order valence-electron chi connectivity index (χ2n) is 6.68. The Hall–Kier alpha value is -0.620. The van der Waals surface area contributed by atoms with Crippen molar-refractivity contribution in [1.29, 1.82) is 0 Å². The van der Waals surface area contributed by atoms with Gasteiger partial charge in [-0.3, -0.25) is 4.79 Å². The number of hydrogen-bond donors (Lipinski definition) is 1. The predicted molar refractivity (Wildman–Crippen MR) is 79.0 cm³/mol. The molecule has 3 unspecified atom stereocenters. The van der Waals surface area contributed by atoms with Crippen LogP contribution < -0.4 is 5.73 Å². The van der Waals surface area contributed by atoms with E-state index in [2.05, 4.69) is 6.92 Å². The lowest BCUT2D eigenvalue weighted by molar-refractivity contribution is -0.151. The Labute approximate surface area is 122 Å². The highest BCUT2D eigenvalue weighted by atomic mass is 32.2. The molecule has 3 atom stereocenters. The summed E-state index contributed by atoms with van der Waals surface area (Å²) >= 11 is 0. The highest BCUT2D eigenvalue weighted by Crippen LogP contribution is 2.30. The fourth-order valence-electron chi connectivity index (χ4n) is 2.66. The third kappa shape index (κ3) is 5.05. The van der Waals surface area contributed by atoms with E-state index in [1.165, 1.54) is 0 Å². The molecule has 0 saturated heterocycles. The lowest BCUT2D eigenvalue weighted by Gasteiger charge is -2.33. The highest BCUT2D eigenvalue weighted by Gasteiger charge is 2.38. The summed E-state index contributed by atoms with van der Waals surface area (Å²) in [6.45, 7) is 7.21. The van der Waals surface area contributed by atoms with Crippen molar-refractivity contribution in [2.24, 2.45) is 11.7 Å². The minimum atomic E-state index is -3.55. The van der Waals surface area contributed by atoms with Crippen LogP contribution in [-0.4, -0.2) is 37.0 Å². The average molecular weight is 305 g/mol. The second kappa shape index (κ2) is 6.43. The van der Waals surface area contributed by atoms with Gasteiger partial charge < -0.3 is 10.5 Å². The van der Waals surface area contributed by atoms with E-state index in [9.17, 15) is 13.2 Å². The van der Waals surface area contributed by atoms with Gasteiger partial charge in [0.15, 0.2) is 9.84 Å². The van der Waals surface area contributed by atoms with Crippen molar-refractivity contribution in [3.05, 3.63) is 0 Å². The number of nitrogens with two attached hydrogens (primary N) is 1. The summed E-state index contributed by atoms with van der Waals surface area (Å²) in [4.78, 5) is 11.7. The first-order chi connectivity index (χ1) is 9.05. The van der Waals surface area contributed by atoms with Gasteiger partial charge in [-0.2, -0.15) is 0 Å². The predicted octanol–water partition coefficient (Wildman–Crippen LogP) is 1.65. The number of rotatable bonds is 4. The van der Waals surface area contributed by atoms with E-state index in [4.69, 9.17) is 10.5 Å². The van der Waals surface area contributed by atoms with Crippen LogP contribution in [-0.2, 0) is 19.4 Å². The van der Waals surface area contributed by atoms with E-state index in [1.807, 2.05) is 0 Å². The van der Waals surface area contributed by atoms with Crippen molar-refractivity contribution in [2.45, 2.75) is 70.3 Å². The second-order valence-corrected chi connectivity index (χ2v) is 8.90. The fourth-order valence-corrected chi connectivity index (χ4v) is 4.50. The molecule has 2 N–H and O–H groups in total. The lowest BCUT2D eigenvalue weighted by atomic mass is 9.84. The Balaban J connectivity index is 2.74. The summed E-state index contributed by atoms with van der Waals surface area (Å²) in [7, 11) is -3.55. The number of carbonyl (C=O) groups excluding carboxylic acids is 1. The molecule has 0 amide bonds. The fraction of sp³-hybridized carbons (Fsp3) is 0.929. The summed E-state index contributed by atoms with van der Waals surface area (Å²) in [5, 5.41) is -0.617. The van der Waals surface area contributed by atoms with E-state index < -0.39 is 32.4 Å². The van der Waals surface area contributed by atoms with Crippen molar-refractivity contribution in [2.75, 3.05) is 5.75 Å². The van der Waals surface area contributed by atoms with Crippen molar-refractivity contribution in [1.82, 2.24) is 0 Å². The van der Waals surface area contributed by atoms with E-state index >= 15 is 0 Å². The van der Waals surface area contributed by atoms with Gasteiger partial charge in [-0.15, -0.1) is 0 Å². The third-order valence-electron chi connectivity index (χ3n) is 3.73. The van der Waals surface area contributed by atoms with Crippen LogP contribution in [0.15, 0.2) is 0 Å². The molecule has 118 valence electrons. The Morgan fingerprint density at radius 2 is 1.90 bits per heavy atom. The molecule has 1 aliphatic carbocycles. The van der Waals surface area contributed by atoms with Crippen LogP contribution in [0.4, 0.5) is 0 Å². The molecular formula is C14H27NO4S. The molecule has 1 aliphatic rings. The molecule has 1 saturated carbocycles. The van der Waals surface area contributed by atoms with Gasteiger partial charge in [0.25, 0.3) is 0 Å². The molecule has 0 aromatic rings. The third-order valence-corrected chi connectivity index (χ3v) is 5.83. The number of ether oxygens (including phenoxy) is 1. The van der Waals surface area contributed by atoms with Crippen LogP contribution in [0.3, 0.4) is 0 Å². The molecule has 20 heavy (non-hydrogen) atoms. The Morgan fingerprint density at radius 1 is 1.30 bits per heavy atom. The Kier molecular flexibility index (Phi) is 5.61. The summed E-state index contributed by atoms with van der Waals surface area (Å²) in [6.07, 6.45) is 3.18. The maximum Gasteiger partial charge on any atom is 0.321 e. The molecule has 0 spiro atoms. The van der Waals surface area contributed by atoms with E-state index in [0.717, 1.165) is 12.8 Å². The molecule has 0 radical (unpaired) electrons. The molecule has 0 aromatic carbocycles. The van der Waals surface area contributed by atoms with Gasteiger partial charge >= 0.3 is 5.97 Å². The SMILES string of the molecule is CCC1CCC(N)C(S(=O)(=O)CC(=O)OC(C)(C)C)C1. The normalized spacial score (nSPS) is 28.1. The van der Waals surface area contributed by atoms with Gasteiger partial charge in [-0.25, -0.2) is 8.42 Å². The van der Waals surface area contributed by atoms with Crippen LogP contribution in [0, 0.1) is 5.92 Å². The summed E-state index contributed by atoms with van der Waals surface area (Å²) in [6, 6.07) is -0.370. The van der Waals surface area contributed by atoms with Crippen molar-refractivity contribution < 1.29 is 17.9 Å². The highest BCUT2D eigenvalue weighted by molar-refractivity contribution is 7.92. The van der Waals surface area contributed by atoms with Crippen LogP contribution in [0.25, 0.3) is 0 Å². The largest absolute Gasteiger partial charge is 0.459 e. The zero-order valence-electron chi connectivity index (χ0n) is 12.9. The van der Waals surface area contributed by atoms with Gasteiger partial charge in [-0.1, -0.05) is 13.3 Å². The quantitative estimate of drug-likeness (QED) is 0.798. The van der Waals surface area contributed by atoms with Gasteiger partial charge in [0.1, 0.15) is 11.4 Å². The molecule has 6 heteroatoms. The summed E-state index contributed by atoms with van der Waals surface area (Å²) in [5.41, 5.74) is 5.28. The molecule has 0 bridgehead atoms. The number of sulfone groups is 1. The summed E-state index contributed by atoms with van der Waals surface area (Å²) in [5.74, 6) is -0.879. The minimum Gasteiger partial charge on any atom is -0.459 e. The van der Waals surface area contributed by atoms with Gasteiger partial charge in [-0.05, 0) is 46.0 Å². The first-order valence-electron chi connectivity index (χ1n) is 7.24. The van der Waals surface area contributed by atoms with E-state index in [0.29, 0.717) is 18.8 Å². The summed E-state index contributed by atoms with van der Waals surface area (Å²) < 4.78 is 29.8. The maximum absolute atomic E-state index is 12.4. The molecule has 1 fully saturated rings. The maximum atomic E-state index is 12.4. The zero-order chi connectivity index (χ0) is 15.6. The topological polar surface area (TPSA) is 86.5 Å². The number of carbonyl (C=O) groups is 1. The standard InChI is InChI=1S/C14H27NO4S/c1-5-10-6-7-11(15)12(8-10)20(17,18)9-13(16)19-14(2,3)4/h10-12H,5-9,15H2,1-4H3. The first-order valence-corrected chi connectivity index (χ1v) is 8.95. The lowest BCUT2D eigenvalue weighted by Crippen LogP contribution is -2.47. The minimum absolute atomic E-state index is 0.370. The smallest absolute Gasteiger partial charge is 0.321 e. The molecular weight excluding hydrogens is 278 g/mol. The number of esters is 1. The van der Waals surface area contributed by atoms with Crippen LogP contribution in [0.5, 0.6) is 0 Å². The Bertz CT molecular complexity index is 439. The van der Waals surface area contributed by atoms with E-state index in [-0.39, 0.29) is 6.04 Å².